The van der Waals surface area contributed by atoms with Gasteiger partial charge >= 0.3 is 0 Å². The van der Waals surface area contributed by atoms with Gasteiger partial charge in [-0.05, 0) is 30.0 Å². The van der Waals surface area contributed by atoms with Gasteiger partial charge in [-0.1, -0.05) is 32.9 Å². The largest absolute Gasteiger partial charge is 0.325 e. The lowest BCUT2D eigenvalue weighted by Gasteiger charge is -2.19. The highest BCUT2D eigenvalue weighted by atomic mass is 32.2. The maximum Gasteiger partial charge on any atom is 0.239 e. The summed E-state index contributed by atoms with van der Waals surface area (Å²) in [6.07, 6.45) is 0. The molecule has 1 amide bonds. The van der Waals surface area contributed by atoms with E-state index >= 15 is 0 Å². The van der Waals surface area contributed by atoms with Crippen molar-refractivity contribution in [1.29, 1.82) is 0 Å². The molecule has 0 radical (unpaired) electrons. The maximum atomic E-state index is 11.6. The second-order valence-corrected chi connectivity index (χ2v) is 7.70. The quantitative estimate of drug-likeness (QED) is 0.871. The van der Waals surface area contributed by atoms with Gasteiger partial charge in [-0.15, -0.1) is 0 Å². The highest BCUT2D eigenvalue weighted by Crippen LogP contribution is 2.23. The highest BCUT2D eigenvalue weighted by Gasteiger charge is 2.13. The standard InChI is InChI=1S/C14H22N2O3S/c1-5-20(18,19)15-10-13(17)16-12-8-6-11(7-9-12)14(2,3)4/h6-9,15H,5,10H2,1-4H3,(H,16,17). The number of carbonyl (C=O) groups excluding carboxylic acids is 1. The molecule has 1 rings (SSSR count). The lowest BCUT2D eigenvalue weighted by Crippen LogP contribution is -2.33. The van der Waals surface area contributed by atoms with E-state index in [4.69, 9.17) is 0 Å². The Balaban J connectivity index is 2.59. The number of carbonyl (C=O) groups is 1. The molecule has 1 aromatic carbocycles. The first kappa shape index (κ1) is 16.7. The van der Waals surface area contributed by atoms with E-state index < -0.39 is 10.0 Å². The average molecular weight is 298 g/mol. The SMILES string of the molecule is CCS(=O)(=O)NCC(=O)Nc1ccc(C(C)(C)C)cc1. The van der Waals surface area contributed by atoms with Gasteiger partial charge in [-0.2, -0.15) is 0 Å². The summed E-state index contributed by atoms with van der Waals surface area (Å²) in [6, 6.07) is 7.53. The Kier molecular flexibility index (Phi) is 5.30. The van der Waals surface area contributed by atoms with Crippen LogP contribution in [0.2, 0.25) is 0 Å². The zero-order valence-corrected chi connectivity index (χ0v) is 13.2. The third kappa shape index (κ3) is 5.30. The molecule has 0 unspecified atom stereocenters. The van der Waals surface area contributed by atoms with Crippen LogP contribution in [0.5, 0.6) is 0 Å². The molecule has 0 bridgehead atoms. The van der Waals surface area contributed by atoms with E-state index in [1.165, 1.54) is 12.5 Å². The minimum atomic E-state index is -3.34. The molecule has 5 nitrogen and oxygen atoms in total. The first-order chi connectivity index (χ1) is 9.14. The summed E-state index contributed by atoms with van der Waals surface area (Å²) in [4.78, 5) is 11.6. The van der Waals surface area contributed by atoms with Crippen molar-refractivity contribution in [2.45, 2.75) is 33.1 Å². The zero-order valence-electron chi connectivity index (χ0n) is 12.4. The van der Waals surface area contributed by atoms with Crippen LogP contribution in [0.15, 0.2) is 24.3 Å². The average Bonchev–Trinajstić information content (AvgIpc) is 2.36. The van der Waals surface area contributed by atoms with Gasteiger partial charge in [0.25, 0.3) is 0 Å². The molecule has 20 heavy (non-hydrogen) atoms. The molecule has 112 valence electrons. The molecular weight excluding hydrogens is 276 g/mol. The molecule has 0 aromatic heterocycles. The van der Waals surface area contributed by atoms with Crippen LogP contribution >= 0.6 is 0 Å². The predicted octanol–water partition coefficient (Wildman–Crippen LogP) is 1.86. The molecule has 0 heterocycles. The fourth-order valence-electron chi connectivity index (χ4n) is 1.54. The summed E-state index contributed by atoms with van der Waals surface area (Å²) in [5.41, 5.74) is 1.88. The van der Waals surface area contributed by atoms with Crippen molar-refractivity contribution in [3.05, 3.63) is 29.8 Å². The van der Waals surface area contributed by atoms with E-state index in [2.05, 4.69) is 30.8 Å². The van der Waals surface area contributed by atoms with Gasteiger partial charge in [-0.3, -0.25) is 4.79 Å². The Morgan fingerprint density at radius 3 is 2.15 bits per heavy atom. The van der Waals surface area contributed by atoms with E-state index in [1.54, 1.807) is 0 Å². The third-order valence-corrected chi connectivity index (χ3v) is 4.21. The molecular formula is C14H22N2O3S. The van der Waals surface area contributed by atoms with E-state index in [1.807, 2.05) is 24.3 Å². The summed E-state index contributed by atoms with van der Waals surface area (Å²) in [5, 5.41) is 2.65. The van der Waals surface area contributed by atoms with Gasteiger partial charge in [-0.25, -0.2) is 13.1 Å². The minimum absolute atomic E-state index is 0.0411. The van der Waals surface area contributed by atoms with Crippen molar-refractivity contribution in [3.8, 4) is 0 Å². The van der Waals surface area contributed by atoms with Crippen molar-refractivity contribution >= 4 is 21.6 Å². The van der Waals surface area contributed by atoms with Crippen molar-refractivity contribution in [3.63, 3.8) is 0 Å². The normalized spacial score (nSPS) is 12.2. The Morgan fingerprint density at radius 1 is 1.15 bits per heavy atom. The summed E-state index contributed by atoms with van der Waals surface area (Å²) in [5.74, 6) is -0.425. The number of rotatable bonds is 5. The number of benzene rings is 1. The molecule has 0 atom stereocenters. The molecule has 1 aromatic rings. The van der Waals surface area contributed by atoms with E-state index in [-0.39, 0.29) is 23.6 Å². The predicted molar refractivity (Wildman–Crippen MR) is 81.2 cm³/mol. The second kappa shape index (κ2) is 6.37. The van der Waals surface area contributed by atoms with Crippen LogP contribution in [0, 0.1) is 0 Å². The Bertz CT molecular complexity index is 557. The smallest absolute Gasteiger partial charge is 0.239 e. The van der Waals surface area contributed by atoms with Gasteiger partial charge in [0.1, 0.15) is 0 Å². The fourth-order valence-corrected chi connectivity index (χ4v) is 2.09. The van der Waals surface area contributed by atoms with E-state index in [0.717, 1.165) is 0 Å². The third-order valence-electron chi connectivity index (χ3n) is 2.87. The van der Waals surface area contributed by atoms with Crippen LogP contribution in [0.25, 0.3) is 0 Å². The van der Waals surface area contributed by atoms with Crippen molar-refractivity contribution in [1.82, 2.24) is 4.72 Å². The second-order valence-electron chi connectivity index (χ2n) is 5.60. The first-order valence-corrected chi connectivity index (χ1v) is 8.17. The summed E-state index contributed by atoms with van der Waals surface area (Å²) < 4.78 is 24.7. The van der Waals surface area contributed by atoms with Crippen LogP contribution < -0.4 is 10.0 Å². The van der Waals surface area contributed by atoms with Gasteiger partial charge in [0, 0.05) is 5.69 Å². The van der Waals surface area contributed by atoms with Gasteiger partial charge in [0.15, 0.2) is 0 Å². The molecule has 0 spiro atoms. The molecule has 0 aliphatic heterocycles. The lowest BCUT2D eigenvalue weighted by molar-refractivity contribution is -0.115. The molecule has 0 saturated carbocycles. The zero-order chi connectivity index (χ0) is 15.4. The van der Waals surface area contributed by atoms with Crippen molar-refractivity contribution < 1.29 is 13.2 Å². The van der Waals surface area contributed by atoms with E-state index in [9.17, 15) is 13.2 Å². The fraction of sp³-hybridized carbons (Fsp3) is 0.500. The minimum Gasteiger partial charge on any atom is -0.325 e. The molecule has 2 N–H and O–H groups in total. The maximum absolute atomic E-state index is 11.6. The number of hydrogen-bond acceptors (Lipinski definition) is 3. The molecule has 0 saturated heterocycles. The Hall–Kier alpha value is -1.40. The van der Waals surface area contributed by atoms with Gasteiger partial charge in [0.2, 0.25) is 15.9 Å². The summed E-state index contributed by atoms with van der Waals surface area (Å²) in [7, 11) is -3.34. The summed E-state index contributed by atoms with van der Waals surface area (Å²) >= 11 is 0. The molecule has 0 aliphatic rings. The Morgan fingerprint density at radius 2 is 1.70 bits per heavy atom. The lowest BCUT2D eigenvalue weighted by atomic mass is 9.87. The number of nitrogens with one attached hydrogen (secondary N) is 2. The van der Waals surface area contributed by atoms with Crippen LogP contribution in [-0.2, 0) is 20.2 Å². The topological polar surface area (TPSA) is 75.3 Å². The molecule has 6 heteroatoms. The number of sulfonamides is 1. The van der Waals surface area contributed by atoms with Gasteiger partial charge < -0.3 is 5.32 Å². The number of hydrogen-bond donors (Lipinski definition) is 2. The van der Waals surface area contributed by atoms with Crippen molar-refractivity contribution in [2.75, 3.05) is 17.6 Å². The Labute approximate surface area is 120 Å². The van der Waals surface area contributed by atoms with Crippen LogP contribution in [-0.4, -0.2) is 26.6 Å². The van der Waals surface area contributed by atoms with Crippen LogP contribution in [0.1, 0.15) is 33.3 Å². The number of amides is 1. The molecule has 0 aliphatic carbocycles. The van der Waals surface area contributed by atoms with Crippen LogP contribution in [0.3, 0.4) is 0 Å². The van der Waals surface area contributed by atoms with Gasteiger partial charge in [0.05, 0.1) is 12.3 Å². The van der Waals surface area contributed by atoms with Crippen molar-refractivity contribution in [2.24, 2.45) is 0 Å². The van der Waals surface area contributed by atoms with E-state index in [0.29, 0.717) is 5.69 Å². The highest BCUT2D eigenvalue weighted by molar-refractivity contribution is 7.89. The number of anilines is 1. The summed E-state index contributed by atoms with van der Waals surface area (Å²) in [6.45, 7) is 7.60. The monoisotopic (exact) mass is 298 g/mol. The van der Waals surface area contributed by atoms with Crippen LogP contribution in [0.4, 0.5) is 5.69 Å². The first-order valence-electron chi connectivity index (χ1n) is 6.52. The molecule has 0 fully saturated rings.